The summed E-state index contributed by atoms with van der Waals surface area (Å²) in [6, 6.07) is 0. The molecule has 1 fully saturated rings. The number of carboxylic acids is 1. The van der Waals surface area contributed by atoms with E-state index in [9.17, 15) is 14.7 Å². The molecule has 0 heterocycles. The number of aliphatic hydroxyl groups excluding tert-OH is 1. The van der Waals surface area contributed by atoms with Crippen LogP contribution in [-0.2, 0) is 9.59 Å². The summed E-state index contributed by atoms with van der Waals surface area (Å²) in [7, 11) is 0. The minimum absolute atomic E-state index is 0.0125. The zero-order valence-electron chi connectivity index (χ0n) is 11.7. The number of carbonyl (C=O) groups is 2. The van der Waals surface area contributed by atoms with Crippen molar-refractivity contribution in [2.75, 3.05) is 13.2 Å². The van der Waals surface area contributed by atoms with E-state index in [1.165, 1.54) is 6.42 Å². The third kappa shape index (κ3) is 5.59. The van der Waals surface area contributed by atoms with Crippen LogP contribution in [0.2, 0.25) is 0 Å². The van der Waals surface area contributed by atoms with E-state index in [1.807, 2.05) is 0 Å². The summed E-state index contributed by atoms with van der Waals surface area (Å²) in [6.07, 6.45) is 5.55. The molecule has 1 saturated carbocycles. The van der Waals surface area contributed by atoms with Crippen molar-refractivity contribution in [2.45, 2.75) is 51.9 Å². The Bertz CT molecular complexity index is 311. The number of aliphatic carboxylic acids is 1. The van der Waals surface area contributed by atoms with Gasteiger partial charge in [-0.05, 0) is 18.8 Å². The van der Waals surface area contributed by atoms with Gasteiger partial charge in [-0.3, -0.25) is 9.59 Å². The molecule has 1 rings (SSSR count). The molecule has 0 saturated heterocycles. The normalized spacial score (nSPS) is 19.7. The van der Waals surface area contributed by atoms with Crippen LogP contribution in [-0.4, -0.2) is 35.2 Å². The first kappa shape index (κ1) is 16.0. The Balaban J connectivity index is 2.33. The number of carbonyl (C=O) groups excluding carboxylic acids is 1. The van der Waals surface area contributed by atoms with Crippen molar-refractivity contribution in [1.82, 2.24) is 5.32 Å². The molecule has 19 heavy (non-hydrogen) atoms. The summed E-state index contributed by atoms with van der Waals surface area (Å²) in [6.45, 7) is 2.37. The summed E-state index contributed by atoms with van der Waals surface area (Å²) in [4.78, 5) is 22.3. The molecule has 1 amide bonds. The summed E-state index contributed by atoms with van der Waals surface area (Å²) in [5.41, 5.74) is -0.163. The average Bonchev–Trinajstić information content (AvgIpc) is 2.36. The fourth-order valence-corrected chi connectivity index (χ4v) is 2.74. The first-order valence-electron chi connectivity index (χ1n) is 7.07. The molecule has 0 spiro atoms. The lowest BCUT2D eigenvalue weighted by Crippen LogP contribution is -2.41. The largest absolute Gasteiger partial charge is 0.481 e. The van der Waals surface area contributed by atoms with Crippen molar-refractivity contribution in [1.29, 1.82) is 0 Å². The van der Waals surface area contributed by atoms with Crippen LogP contribution in [0.1, 0.15) is 51.9 Å². The molecular formula is C14H25NO4. The minimum atomic E-state index is -0.876. The lowest BCUT2D eigenvalue weighted by molar-refractivity contribution is -0.138. The number of rotatable bonds is 7. The highest BCUT2D eigenvalue weighted by Gasteiger charge is 2.31. The van der Waals surface area contributed by atoms with Crippen LogP contribution in [0.5, 0.6) is 0 Å². The second-order valence-electron chi connectivity index (χ2n) is 5.90. The molecule has 1 unspecified atom stereocenters. The summed E-state index contributed by atoms with van der Waals surface area (Å²) >= 11 is 0. The molecule has 5 heteroatoms. The minimum Gasteiger partial charge on any atom is -0.481 e. The number of hydrogen-bond acceptors (Lipinski definition) is 3. The van der Waals surface area contributed by atoms with Crippen LogP contribution >= 0.6 is 0 Å². The quantitative estimate of drug-likeness (QED) is 0.655. The topological polar surface area (TPSA) is 86.6 Å². The van der Waals surface area contributed by atoms with E-state index in [0.717, 1.165) is 25.7 Å². The predicted octanol–water partition coefficient (Wildman–Crippen LogP) is 1.55. The third-order valence-electron chi connectivity index (χ3n) is 3.97. The SMILES string of the molecule is CC(CC(=O)O)CC(=O)NCC1(CO)CCCCC1. The number of hydrogen-bond donors (Lipinski definition) is 3. The van der Waals surface area contributed by atoms with Gasteiger partial charge in [-0.15, -0.1) is 0 Å². The number of aliphatic hydroxyl groups is 1. The van der Waals surface area contributed by atoms with Gasteiger partial charge < -0.3 is 15.5 Å². The molecule has 0 bridgehead atoms. The van der Waals surface area contributed by atoms with E-state index in [1.54, 1.807) is 6.92 Å². The van der Waals surface area contributed by atoms with E-state index in [4.69, 9.17) is 5.11 Å². The molecule has 0 aromatic heterocycles. The Morgan fingerprint density at radius 1 is 1.21 bits per heavy atom. The molecule has 0 aromatic carbocycles. The fraction of sp³-hybridized carbons (Fsp3) is 0.857. The van der Waals surface area contributed by atoms with Crippen LogP contribution in [0.25, 0.3) is 0 Å². The Hall–Kier alpha value is -1.10. The van der Waals surface area contributed by atoms with Gasteiger partial charge in [-0.25, -0.2) is 0 Å². The lowest BCUT2D eigenvalue weighted by atomic mass is 9.74. The van der Waals surface area contributed by atoms with Gasteiger partial charge >= 0.3 is 5.97 Å². The molecule has 0 aliphatic heterocycles. The van der Waals surface area contributed by atoms with Gasteiger partial charge in [0.15, 0.2) is 0 Å². The number of amides is 1. The molecule has 110 valence electrons. The second-order valence-corrected chi connectivity index (χ2v) is 5.90. The van der Waals surface area contributed by atoms with Gasteiger partial charge in [-0.2, -0.15) is 0 Å². The molecule has 1 atom stereocenters. The van der Waals surface area contributed by atoms with Crippen LogP contribution < -0.4 is 5.32 Å². The Morgan fingerprint density at radius 3 is 2.37 bits per heavy atom. The smallest absolute Gasteiger partial charge is 0.303 e. The zero-order valence-corrected chi connectivity index (χ0v) is 11.7. The summed E-state index contributed by atoms with van der Waals surface area (Å²) < 4.78 is 0. The first-order chi connectivity index (χ1) is 8.97. The zero-order chi connectivity index (χ0) is 14.3. The van der Waals surface area contributed by atoms with Gasteiger partial charge in [0, 0.05) is 24.8 Å². The van der Waals surface area contributed by atoms with Gasteiger partial charge in [0.25, 0.3) is 0 Å². The van der Waals surface area contributed by atoms with Crippen LogP contribution in [0, 0.1) is 11.3 Å². The Morgan fingerprint density at radius 2 is 1.84 bits per heavy atom. The molecule has 1 aliphatic rings. The van der Waals surface area contributed by atoms with E-state index in [0.29, 0.717) is 6.54 Å². The standard InChI is InChI=1S/C14H25NO4/c1-11(8-13(18)19)7-12(17)15-9-14(10-16)5-3-2-4-6-14/h11,16H,2-10H2,1H3,(H,15,17)(H,18,19). The number of carboxylic acid groups (broad SMARTS) is 1. The maximum absolute atomic E-state index is 11.8. The Kier molecular flexibility index (Phi) is 6.28. The van der Waals surface area contributed by atoms with Crippen molar-refractivity contribution in [3.8, 4) is 0 Å². The highest BCUT2D eigenvalue weighted by molar-refractivity contribution is 5.77. The molecule has 1 aliphatic carbocycles. The van der Waals surface area contributed by atoms with E-state index in [-0.39, 0.29) is 36.7 Å². The van der Waals surface area contributed by atoms with Crippen molar-refractivity contribution in [3.05, 3.63) is 0 Å². The lowest BCUT2D eigenvalue weighted by Gasteiger charge is -2.35. The summed E-state index contributed by atoms with van der Waals surface area (Å²) in [5, 5.41) is 21.0. The van der Waals surface area contributed by atoms with Crippen LogP contribution in [0.4, 0.5) is 0 Å². The van der Waals surface area contributed by atoms with Crippen molar-refractivity contribution in [2.24, 2.45) is 11.3 Å². The van der Waals surface area contributed by atoms with Crippen LogP contribution in [0.15, 0.2) is 0 Å². The van der Waals surface area contributed by atoms with Crippen molar-refractivity contribution in [3.63, 3.8) is 0 Å². The monoisotopic (exact) mass is 271 g/mol. The van der Waals surface area contributed by atoms with Crippen molar-refractivity contribution >= 4 is 11.9 Å². The average molecular weight is 271 g/mol. The predicted molar refractivity (Wildman–Crippen MR) is 71.6 cm³/mol. The maximum Gasteiger partial charge on any atom is 0.303 e. The van der Waals surface area contributed by atoms with E-state index in [2.05, 4.69) is 5.32 Å². The summed E-state index contributed by atoms with van der Waals surface area (Å²) in [5.74, 6) is -1.15. The van der Waals surface area contributed by atoms with Crippen molar-refractivity contribution < 1.29 is 19.8 Å². The second kappa shape index (κ2) is 7.48. The Labute approximate surface area is 114 Å². The maximum atomic E-state index is 11.8. The highest BCUT2D eigenvalue weighted by Crippen LogP contribution is 2.35. The first-order valence-corrected chi connectivity index (χ1v) is 7.07. The molecule has 0 radical (unpaired) electrons. The molecule has 5 nitrogen and oxygen atoms in total. The molecular weight excluding hydrogens is 246 g/mol. The van der Waals surface area contributed by atoms with Crippen LogP contribution in [0.3, 0.4) is 0 Å². The molecule has 0 aromatic rings. The number of nitrogens with one attached hydrogen (secondary N) is 1. The highest BCUT2D eigenvalue weighted by atomic mass is 16.4. The fourth-order valence-electron chi connectivity index (χ4n) is 2.74. The van der Waals surface area contributed by atoms with E-state index >= 15 is 0 Å². The molecule has 3 N–H and O–H groups in total. The third-order valence-corrected chi connectivity index (χ3v) is 3.97. The van der Waals surface area contributed by atoms with Gasteiger partial charge in [-0.1, -0.05) is 26.2 Å². The van der Waals surface area contributed by atoms with E-state index < -0.39 is 5.97 Å². The van der Waals surface area contributed by atoms with Gasteiger partial charge in [0.05, 0.1) is 6.61 Å². The van der Waals surface area contributed by atoms with Gasteiger partial charge in [0.2, 0.25) is 5.91 Å². The van der Waals surface area contributed by atoms with Gasteiger partial charge in [0.1, 0.15) is 0 Å².